The molecule has 24 heteroatoms. The number of fused-ring (bicyclic) bond motifs is 1. The molecule has 0 fully saturated rings. The van der Waals surface area contributed by atoms with Gasteiger partial charge in [-0.25, -0.2) is 29.1 Å². The number of anilines is 4. The van der Waals surface area contributed by atoms with Crippen LogP contribution in [0.4, 0.5) is 32.3 Å². The number of thiazole rings is 1. The number of methoxy groups -OCH3 is 3. The molecule has 3 atom stereocenters. The summed E-state index contributed by atoms with van der Waals surface area (Å²) < 4.78 is 43.1. The van der Waals surface area contributed by atoms with Crippen LogP contribution in [0, 0.1) is 11.8 Å². The number of para-hydroxylation sites is 3. The molecular formula is C68H103N5O17S2. The lowest BCUT2D eigenvalue weighted by Gasteiger charge is -2.16. The van der Waals surface area contributed by atoms with Crippen LogP contribution >= 0.6 is 23.1 Å². The first-order chi connectivity index (χ1) is 44.6. The highest BCUT2D eigenvalue weighted by Gasteiger charge is 2.24. The van der Waals surface area contributed by atoms with E-state index >= 15 is 0 Å². The Hall–Kier alpha value is -7.97. The fourth-order valence-electron chi connectivity index (χ4n) is 5.88. The Kier molecular flexibility index (Phi) is 58.1. The normalized spacial score (nSPS) is 10.5. The summed E-state index contributed by atoms with van der Waals surface area (Å²) in [7, 11) is 4.05. The number of hydrogen-bond donors (Lipinski definition) is 6. The molecule has 0 radical (unpaired) electrons. The molecule has 514 valence electrons. The van der Waals surface area contributed by atoms with E-state index in [4.69, 9.17) is 48.0 Å². The predicted molar refractivity (Wildman–Crippen MR) is 371 cm³/mol. The molecular weight excluding hydrogens is 1220 g/mol. The Balaban J connectivity index is -0.00000149. The van der Waals surface area contributed by atoms with Crippen molar-refractivity contribution in [2.24, 2.45) is 11.8 Å². The summed E-state index contributed by atoms with van der Waals surface area (Å²) in [5.74, 6) is -2.95. The number of ether oxygens (including phenoxy) is 8. The summed E-state index contributed by atoms with van der Waals surface area (Å²) in [5.41, 5.74) is 2.94. The molecule has 2 amide bonds. The van der Waals surface area contributed by atoms with Crippen LogP contribution in [0.3, 0.4) is 0 Å². The number of esters is 2. The summed E-state index contributed by atoms with van der Waals surface area (Å²) in [6, 6.07) is 39.8. The molecule has 3 unspecified atom stereocenters. The molecule has 6 N–H and O–H groups in total. The van der Waals surface area contributed by atoms with Gasteiger partial charge in [-0.2, -0.15) is 0 Å². The van der Waals surface area contributed by atoms with Crippen molar-refractivity contribution in [1.29, 1.82) is 0 Å². The van der Waals surface area contributed by atoms with Crippen molar-refractivity contribution in [3.8, 4) is 11.5 Å². The molecule has 1 heterocycles. The number of aromatic hydroxyl groups is 1. The third kappa shape index (κ3) is 44.5. The first kappa shape index (κ1) is 88.2. The van der Waals surface area contributed by atoms with Crippen molar-refractivity contribution in [1.82, 2.24) is 4.98 Å². The fourth-order valence-corrected chi connectivity index (χ4v) is 7.92. The molecule has 0 spiro atoms. The summed E-state index contributed by atoms with van der Waals surface area (Å²) in [6.07, 6.45) is 0.889. The summed E-state index contributed by atoms with van der Waals surface area (Å²) in [4.78, 5) is 74.4. The average Bonchev–Trinajstić information content (AvgIpc) is 1.79. The number of benzene rings is 5. The quantitative estimate of drug-likeness (QED) is 0.00372. The number of amides is 2. The van der Waals surface area contributed by atoms with Crippen LogP contribution in [0.5, 0.6) is 11.5 Å². The first-order valence-corrected chi connectivity index (χ1v) is 32.3. The molecule has 0 bridgehead atoms. The summed E-state index contributed by atoms with van der Waals surface area (Å²) in [5, 5.41) is 28.9. The molecule has 0 aliphatic rings. The number of nitrogens with one attached hydrogen (secondary N) is 4. The second kappa shape index (κ2) is 60.6. The average molecular weight is 1330 g/mol. The molecule has 6 aromatic rings. The van der Waals surface area contributed by atoms with E-state index in [1.807, 2.05) is 110 Å². The van der Waals surface area contributed by atoms with Crippen LogP contribution in [0.25, 0.3) is 10.2 Å². The molecule has 1 aromatic heterocycles. The van der Waals surface area contributed by atoms with Crippen LogP contribution in [0.1, 0.15) is 103 Å². The zero-order valence-electron chi connectivity index (χ0n) is 56.7. The summed E-state index contributed by atoms with van der Waals surface area (Å²) >= 11 is 3.45. The van der Waals surface area contributed by atoms with Gasteiger partial charge in [-0.05, 0) is 79.7 Å². The molecule has 6 rings (SSSR count). The largest absolute Gasteiger partial charge is 0.508 e. The molecule has 0 aliphatic heterocycles. The number of phenols is 1. The predicted octanol–water partition coefficient (Wildman–Crippen LogP) is 16.2. The minimum Gasteiger partial charge on any atom is -0.508 e. The van der Waals surface area contributed by atoms with E-state index in [0.717, 1.165) is 28.5 Å². The van der Waals surface area contributed by atoms with Gasteiger partial charge in [0, 0.05) is 42.7 Å². The van der Waals surface area contributed by atoms with Gasteiger partial charge in [0.2, 0.25) is 0 Å². The Morgan fingerprint density at radius 3 is 1.59 bits per heavy atom. The molecule has 0 saturated carbocycles. The Bertz CT molecular complexity index is 2760. The van der Waals surface area contributed by atoms with Crippen molar-refractivity contribution < 1.29 is 81.9 Å². The van der Waals surface area contributed by atoms with Gasteiger partial charge in [0.05, 0.1) is 42.2 Å². The van der Waals surface area contributed by atoms with E-state index in [1.54, 1.807) is 95.9 Å². The van der Waals surface area contributed by atoms with Gasteiger partial charge in [0.25, 0.3) is 0 Å². The minimum absolute atomic E-state index is 0.0673. The van der Waals surface area contributed by atoms with Crippen LogP contribution in [0.15, 0.2) is 150 Å². The molecule has 0 saturated heterocycles. The van der Waals surface area contributed by atoms with Gasteiger partial charge >= 0.3 is 30.1 Å². The zero-order chi connectivity index (χ0) is 69.7. The maximum absolute atomic E-state index is 12.3. The van der Waals surface area contributed by atoms with E-state index in [2.05, 4.69) is 78.3 Å². The highest BCUT2D eigenvalue weighted by atomic mass is 32.2. The first-order valence-electron chi connectivity index (χ1n) is 30.5. The Morgan fingerprint density at radius 1 is 0.598 bits per heavy atom. The standard InChI is InChI=1S/C31H40N4O14.C17H17NO2S2.C6H6O.2C3H8.4C2H6/c1-20(28(38)44-4)13-45-29(39)22(14-42-2)16-47-31(41)35-26-10-6-8-24(12-26)33-19-49-48-17-21(27(36)37)15-46-30(40)34-25-9-5-7-23(11-25)32-18-43-3;1-13(19-12-20-14-7-3-2-4-8-14)11-21-17-18-15-9-5-6-10-16(15)22-17;7-6-4-2-1-3-5-6;2*1-3-2;4*1-2/h5-12,21-22,32-33H,1,13-19H2,2-4H3,(H,34,40)(H,35,41)(H,36,37);2-10,13H,11-12H2,1H3;1-5,7H;2*3H2,1-2H3;4*1-2H3. The summed E-state index contributed by atoms with van der Waals surface area (Å²) in [6.45, 7) is 28.5. The molecule has 92 heavy (non-hydrogen) atoms. The Labute approximate surface area is 554 Å². The van der Waals surface area contributed by atoms with Crippen LogP contribution in [-0.2, 0) is 57.3 Å². The molecule has 0 aliphatic carbocycles. The smallest absolute Gasteiger partial charge is 0.411 e. The van der Waals surface area contributed by atoms with Crippen molar-refractivity contribution in [2.75, 3.05) is 102 Å². The number of hydrogen-bond acceptors (Lipinski definition) is 21. The highest BCUT2D eigenvalue weighted by Crippen LogP contribution is 2.30. The number of carboxylic acids is 1. The third-order valence-corrected chi connectivity index (χ3v) is 12.3. The number of aromatic nitrogens is 1. The van der Waals surface area contributed by atoms with Crippen molar-refractivity contribution in [3.05, 3.63) is 146 Å². The lowest BCUT2D eigenvalue weighted by atomic mass is 10.2. The van der Waals surface area contributed by atoms with Gasteiger partial charge in [0.1, 0.15) is 49.9 Å². The molecule has 5 aromatic carbocycles. The lowest BCUT2D eigenvalue weighted by Crippen LogP contribution is -2.30. The monoisotopic (exact) mass is 1330 g/mol. The van der Waals surface area contributed by atoms with Gasteiger partial charge in [0.15, 0.2) is 17.9 Å². The zero-order valence-corrected chi connectivity index (χ0v) is 58.3. The maximum Gasteiger partial charge on any atom is 0.411 e. The third-order valence-electron chi connectivity index (χ3n) is 9.86. The maximum atomic E-state index is 12.3. The molecule has 22 nitrogen and oxygen atoms in total. The minimum atomic E-state index is -1.27. The highest BCUT2D eigenvalue weighted by molar-refractivity contribution is 8.01. The van der Waals surface area contributed by atoms with Crippen LogP contribution in [0.2, 0.25) is 0 Å². The number of aliphatic carboxylic acids is 1. The number of carbonyl (C=O) groups is 5. The second-order valence-corrected chi connectivity index (χ2v) is 19.7. The van der Waals surface area contributed by atoms with Crippen molar-refractivity contribution >= 4 is 86.2 Å². The number of carbonyl (C=O) groups excluding carboxylic acids is 4. The van der Waals surface area contributed by atoms with Gasteiger partial charge < -0.3 is 58.7 Å². The van der Waals surface area contributed by atoms with E-state index in [-0.39, 0.29) is 45.1 Å². The Morgan fingerprint density at radius 2 is 1.10 bits per heavy atom. The fraction of sp³-hybridized carbons (Fsp3) is 0.441. The van der Waals surface area contributed by atoms with Gasteiger partial charge in [-0.3, -0.25) is 20.2 Å². The second-order valence-electron chi connectivity index (χ2n) is 17.4. The number of phenolic OH excluding ortho intramolecular Hbond substituents is 1. The number of carboxylic acid groups (broad SMARTS) is 1. The van der Waals surface area contributed by atoms with E-state index in [9.17, 15) is 29.1 Å². The van der Waals surface area contributed by atoms with E-state index in [0.29, 0.717) is 28.5 Å². The van der Waals surface area contributed by atoms with E-state index < -0.39 is 61.8 Å². The van der Waals surface area contributed by atoms with Crippen molar-refractivity contribution in [2.45, 2.75) is 113 Å². The number of rotatable bonds is 29. The number of thioether (sulfide) groups is 1. The van der Waals surface area contributed by atoms with Crippen molar-refractivity contribution in [3.63, 3.8) is 0 Å². The van der Waals surface area contributed by atoms with Gasteiger partial charge in [-0.1, -0.05) is 175 Å². The topological polar surface area (TPSA) is 279 Å². The van der Waals surface area contributed by atoms with Crippen LogP contribution < -0.4 is 26.0 Å². The lowest BCUT2D eigenvalue weighted by molar-refractivity contribution is -0.296. The SMILES string of the molecule is C=C(COC(=O)C(COC)COC(=O)Nc1cccc(NCOOCC(COC(=O)Nc2cccc(NCOC)c2)C(=O)O)c1)C(=O)OC.CC.CC.CC.CC.CC(CSc1nc2ccccc2s1)OCOc1ccccc1.CCC.CCC.Oc1ccccc1. The van der Waals surface area contributed by atoms with Crippen LogP contribution in [-0.4, -0.2) is 132 Å². The van der Waals surface area contributed by atoms with E-state index in [1.165, 1.54) is 31.8 Å². The van der Waals surface area contributed by atoms with Gasteiger partial charge in [-0.15, -0.1) is 11.3 Å². The number of nitrogens with zero attached hydrogens (tertiary/aromatic N) is 1.